The average molecular weight is 558 g/mol. The van der Waals surface area contributed by atoms with E-state index >= 15 is 0 Å². The number of nitrogens with one attached hydrogen (secondary N) is 1. The van der Waals surface area contributed by atoms with Crippen LogP contribution in [0.3, 0.4) is 0 Å². The van der Waals surface area contributed by atoms with Gasteiger partial charge in [-0.05, 0) is 36.2 Å². The van der Waals surface area contributed by atoms with Crippen molar-refractivity contribution in [2.24, 2.45) is 0 Å². The van der Waals surface area contributed by atoms with E-state index in [0.717, 1.165) is 27.3 Å². The van der Waals surface area contributed by atoms with E-state index < -0.39 is 28.5 Å². The molecular weight excluding hydrogens is 526 g/mol. The van der Waals surface area contributed by atoms with Gasteiger partial charge in [-0.25, -0.2) is 8.42 Å². The number of likely N-dealkylation sites (N-methyl/N-ethyl adjacent to an activating group) is 1. The summed E-state index contributed by atoms with van der Waals surface area (Å²) in [6.07, 6.45) is 1.27. The fourth-order valence-electron chi connectivity index (χ4n) is 4.15. The number of sulfonamides is 1. The maximum absolute atomic E-state index is 13.9. The molecule has 0 saturated carbocycles. The van der Waals surface area contributed by atoms with Crippen LogP contribution in [0.15, 0.2) is 72.8 Å². The van der Waals surface area contributed by atoms with Gasteiger partial charge in [-0.3, -0.25) is 13.9 Å². The molecule has 8 nitrogen and oxygen atoms in total. The molecule has 38 heavy (non-hydrogen) atoms. The largest absolute Gasteiger partial charge is 0.495 e. The number of rotatable bonds is 11. The molecule has 2 amide bonds. The van der Waals surface area contributed by atoms with Gasteiger partial charge in [-0.15, -0.1) is 0 Å². The van der Waals surface area contributed by atoms with Gasteiger partial charge in [0.25, 0.3) is 0 Å². The number of nitrogens with zero attached hydrogens (tertiary/aromatic N) is 2. The summed E-state index contributed by atoms with van der Waals surface area (Å²) in [5.41, 5.74) is 2.89. The molecule has 202 valence electrons. The number of hydrogen-bond donors (Lipinski definition) is 1. The number of amides is 2. The Morgan fingerprint density at radius 2 is 1.68 bits per heavy atom. The molecule has 0 radical (unpaired) electrons. The van der Waals surface area contributed by atoms with Gasteiger partial charge in [-0.2, -0.15) is 0 Å². The van der Waals surface area contributed by atoms with E-state index in [1.165, 1.54) is 37.3 Å². The summed E-state index contributed by atoms with van der Waals surface area (Å²) in [5, 5.41) is 2.86. The first-order valence-electron chi connectivity index (χ1n) is 11.9. The van der Waals surface area contributed by atoms with Gasteiger partial charge < -0.3 is 15.0 Å². The van der Waals surface area contributed by atoms with E-state index in [-0.39, 0.29) is 29.6 Å². The van der Waals surface area contributed by atoms with Crippen LogP contribution in [0.25, 0.3) is 0 Å². The third kappa shape index (κ3) is 7.49. The highest BCUT2D eigenvalue weighted by molar-refractivity contribution is 7.92. The van der Waals surface area contributed by atoms with Crippen LogP contribution in [0.2, 0.25) is 5.02 Å². The zero-order chi connectivity index (χ0) is 27.9. The Morgan fingerprint density at radius 1 is 1.00 bits per heavy atom. The van der Waals surface area contributed by atoms with Crippen molar-refractivity contribution < 1.29 is 22.7 Å². The third-order valence-electron chi connectivity index (χ3n) is 6.06. The molecule has 3 rings (SSSR count). The highest BCUT2D eigenvalue weighted by Crippen LogP contribution is 2.30. The van der Waals surface area contributed by atoms with Gasteiger partial charge in [0, 0.05) is 20.0 Å². The van der Waals surface area contributed by atoms with Crippen LogP contribution in [0.4, 0.5) is 5.69 Å². The summed E-state index contributed by atoms with van der Waals surface area (Å²) >= 11 is 6.25. The minimum absolute atomic E-state index is 0.117. The van der Waals surface area contributed by atoms with Crippen molar-refractivity contribution in [3.8, 4) is 5.75 Å². The van der Waals surface area contributed by atoms with Crippen LogP contribution in [0, 0.1) is 6.92 Å². The molecule has 0 aliphatic carbocycles. The number of aryl methyl sites for hydroxylation is 1. The second-order valence-corrected chi connectivity index (χ2v) is 11.2. The average Bonchev–Trinajstić information content (AvgIpc) is 2.88. The first-order valence-corrected chi connectivity index (χ1v) is 14.2. The molecule has 0 aliphatic heterocycles. The molecule has 3 aromatic rings. The molecular formula is C28H32ClN3O5S. The lowest BCUT2D eigenvalue weighted by Gasteiger charge is -2.33. The summed E-state index contributed by atoms with van der Waals surface area (Å²) in [6.45, 7) is 1.54. The number of halogens is 1. The van der Waals surface area contributed by atoms with Crippen LogP contribution >= 0.6 is 11.6 Å². The molecule has 0 spiro atoms. The highest BCUT2D eigenvalue weighted by Gasteiger charge is 2.32. The van der Waals surface area contributed by atoms with Crippen molar-refractivity contribution in [2.45, 2.75) is 25.9 Å². The smallest absolute Gasteiger partial charge is 0.244 e. The molecule has 0 aliphatic rings. The van der Waals surface area contributed by atoms with Gasteiger partial charge in [0.05, 0.1) is 24.1 Å². The van der Waals surface area contributed by atoms with Gasteiger partial charge in [0.2, 0.25) is 21.8 Å². The molecule has 0 saturated heterocycles. The van der Waals surface area contributed by atoms with Gasteiger partial charge in [-0.1, -0.05) is 71.8 Å². The highest BCUT2D eigenvalue weighted by atomic mass is 35.5. The molecule has 0 aromatic heterocycles. The van der Waals surface area contributed by atoms with Gasteiger partial charge in [0.1, 0.15) is 18.3 Å². The SMILES string of the molecule is CNC(=O)[C@@H](Cc1ccccc1)N(Cc1cccc(C)c1)C(=O)CN(c1ccc(OC)c(Cl)c1)S(C)(=O)=O. The van der Waals surface area contributed by atoms with E-state index in [9.17, 15) is 18.0 Å². The number of carbonyl (C=O) groups is 2. The first-order chi connectivity index (χ1) is 18.0. The fourth-order valence-corrected chi connectivity index (χ4v) is 5.25. The van der Waals surface area contributed by atoms with E-state index in [0.29, 0.717) is 5.75 Å². The zero-order valence-electron chi connectivity index (χ0n) is 21.8. The quantitative estimate of drug-likeness (QED) is 0.387. The zero-order valence-corrected chi connectivity index (χ0v) is 23.4. The lowest BCUT2D eigenvalue weighted by molar-refractivity contribution is -0.139. The van der Waals surface area contributed by atoms with Crippen molar-refractivity contribution in [2.75, 3.05) is 31.3 Å². The van der Waals surface area contributed by atoms with Crippen molar-refractivity contribution in [1.29, 1.82) is 0 Å². The molecule has 0 heterocycles. The molecule has 0 unspecified atom stereocenters. The van der Waals surface area contributed by atoms with E-state index in [1.807, 2.05) is 61.5 Å². The van der Waals surface area contributed by atoms with Crippen molar-refractivity contribution in [1.82, 2.24) is 10.2 Å². The molecule has 10 heteroatoms. The number of methoxy groups -OCH3 is 1. The van der Waals surface area contributed by atoms with Gasteiger partial charge >= 0.3 is 0 Å². The summed E-state index contributed by atoms with van der Waals surface area (Å²) in [4.78, 5) is 28.5. The summed E-state index contributed by atoms with van der Waals surface area (Å²) < 4.78 is 31.8. The summed E-state index contributed by atoms with van der Waals surface area (Å²) in [7, 11) is -0.923. The van der Waals surface area contributed by atoms with Crippen LogP contribution in [0.5, 0.6) is 5.75 Å². The Bertz CT molecular complexity index is 1380. The van der Waals surface area contributed by atoms with E-state index in [1.54, 1.807) is 0 Å². The lowest BCUT2D eigenvalue weighted by Crippen LogP contribution is -2.52. The number of anilines is 1. The predicted molar refractivity (Wildman–Crippen MR) is 150 cm³/mol. The number of benzene rings is 3. The molecule has 0 bridgehead atoms. The summed E-state index contributed by atoms with van der Waals surface area (Å²) in [6, 6.07) is 20.6. The molecule has 1 N–H and O–H groups in total. The second kappa shape index (κ2) is 12.8. The maximum Gasteiger partial charge on any atom is 0.244 e. The monoisotopic (exact) mass is 557 g/mol. The van der Waals surface area contributed by atoms with Crippen LogP contribution < -0.4 is 14.4 Å². The Balaban J connectivity index is 2.03. The fraction of sp³-hybridized carbons (Fsp3) is 0.286. The topological polar surface area (TPSA) is 96.0 Å². The second-order valence-electron chi connectivity index (χ2n) is 8.92. The first kappa shape index (κ1) is 29.0. The van der Waals surface area contributed by atoms with E-state index in [4.69, 9.17) is 16.3 Å². The Morgan fingerprint density at radius 3 is 2.26 bits per heavy atom. The third-order valence-corrected chi connectivity index (χ3v) is 7.49. The Hall–Kier alpha value is -3.56. The van der Waals surface area contributed by atoms with Crippen LogP contribution in [-0.2, 0) is 32.6 Å². The van der Waals surface area contributed by atoms with Crippen molar-refractivity contribution >= 4 is 39.1 Å². The van der Waals surface area contributed by atoms with Gasteiger partial charge in [0.15, 0.2) is 0 Å². The Labute approximate surface area is 229 Å². The van der Waals surface area contributed by atoms with Crippen LogP contribution in [0.1, 0.15) is 16.7 Å². The Kier molecular flexibility index (Phi) is 9.77. The predicted octanol–water partition coefficient (Wildman–Crippen LogP) is 3.81. The van der Waals surface area contributed by atoms with Crippen molar-refractivity contribution in [3.05, 3.63) is 94.5 Å². The molecule has 0 fully saturated rings. The number of hydrogen-bond acceptors (Lipinski definition) is 5. The maximum atomic E-state index is 13.9. The van der Waals surface area contributed by atoms with Crippen LogP contribution in [-0.4, -0.2) is 58.1 Å². The summed E-state index contributed by atoms with van der Waals surface area (Å²) in [5.74, 6) is -0.513. The number of ether oxygens (including phenoxy) is 1. The minimum atomic E-state index is -3.89. The molecule has 1 atom stereocenters. The van der Waals surface area contributed by atoms with E-state index in [2.05, 4.69) is 5.32 Å². The lowest BCUT2D eigenvalue weighted by atomic mass is 10.0. The standard InChI is InChI=1S/C28H32ClN3O5S/c1-20-9-8-12-22(15-20)18-31(25(28(34)30-2)16-21-10-6-5-7-11-21)27(33)19-32(38(4,35)36)23-13-14-26(37-3)24(29)17-23/h5-15,17,25H,16,18-19H2,1-4H3,(H,30,34)/t25-/m1/s1. The minimum Gasteiger partial charge on any atom is -0.495 e. The number of carbonyl (C=O) groups excluding carboxylic acids is 2. The van der Waals surface area contributed by atoms with Crippen molar-refractivity contribution in [3.63, 3.8) is 0 Å². The molecule has 3 aromatic carbocycles. The normalized spacial score (nSPS) is 11.9.